The van der Waals surface area contributed by atoms with E-state index >= 15 is 0 Å². The molecule has 0 radical (unpaired) electrons. The number of aliphatic hydroxyl groups excluding tert-OH is 1. The third kappa shape index (κ3) is 70.9. The summed E-state index contributed by atoms with van der Waals surface area (Å²) in [5.41, 5.74) is 0. The van der Waals surface area contributed by atoms with Crippen molar-refractivity contribution in [1.82, 2.24) is 0 Å². The number of allylic oxidation sites excluding steroid dienone is 12. The molecule has 5 atom stereocenters. The summed E-state index contributed by atoms with van der Waals surface area (Å²) in [7, 11) is -9.95. The average molecular weight is 1430 g/mol. The number of carbonyl (C=O) groups is 4. The molecule has 98 heavy (non-hydrogen) atoms. The first-order chi connectivity index (χ1) is 47.7. The topological polar surface area (TPSA) is 237 Å². The highest BCUT2D eigenvalue weighted by Gasteiger charge is 2.30. The van der Waals surface area contributed by atoms with Crippen molar-refractivity contribution in [2.75, 3.05) is 39.6 Å². The minimum atomic E-state index is -4.98. The molecule has 0 saturated carbocycles. The van der Waals surface area contributed by atoms with E-state index in [0.717, 1.165) is 167 Å². The average Bonchev–Trinajstić information content (AvgIpc) is 1.04. The predicted molar refractivity (Wildman–Crippen MR) is 400 cm³/mol. The SMILES string of the molecule is CCCCC/C=C\C/C=C\CCCCCCCC(=O)OC[C@H](COP(=O)(O)OCC(O)COP(=O)(O)OC[C@@H](COC(=O)CCCCCCCCC/C=C\CCCCCC)OC(=O)CCCCCCC/C=C\CCCCCC)OC(=O)CCCCCCC/C=C\C/C=C\CCCCC. The van der Waals surface area contributed by atoms with E-state index in [9.17, 15) is 43.2 Å². The molecule has 3 unspecified atom stereocenters. The van der Waals surface area contributed by atoms with Gasteiger partial charge < -0.3 is 33.8 Å². The van der Waals surface area contributed by atoms with Gasteiger partial charge >= 0.3 is 39.5 Å². The molecule has 0 aromatic heterocycles. The number of phosphoric acid groups is 2. The van der Waals surface area contributed by atoms with Crippen molar-refractivity contribution < 1.29 is 80.2 Å². The van der Waals surface area contributed by atoms with Crippen molar-refractivity contribution in [2.45, 2.75) is 367 Å². The number of hydrogen-bond donors (Lipinski definition) is 3. The summed E-state index contributed by atoms with van der Waals surface area (Å²) in [6.07, 6.45) is 71.6. The molecule has 0 saturated heterocycles. The van der Waals surface area contributed by atoms with Gasteiger partial charge in [0.2, 0.25) is 0 Å². The fraction of sp³-hybridized carbons (Fsp3) is 0.797. The van der Waals surface area contributed by atoms with Crippen LogP contribution in [0.5, 0.6) is 0 Å². The van der Waals surface area contributed by atoms with E-state index in [1.807, 2.05) is 0 Å². The molecule has 17 nitrogen and oxygen atoms in total. The van der Waals surface area contributed by atoms with Crippen molar-refractivity contribution in [1.29, 1.82) is 0 Å². The van der Waals surface area contributed by atoms with E-state index in [4.69, 9.17) is 37.0 Å². The molecule has 570 valence electrons. The van der Waals surface area contributed by atoms with Gasteiger partial charge in [-0.25, -0.2) is 9.13 Å². The van der Waals surface area contributed by atoms with E-state index in [1.54, 1.807) is 0 Å². The number of carbonyl (C=O) groups excluding carboxylic acids is 4. The second-order valence-corrected chi connectivity index (χ2v) is 29.2. The first-order valence-corrected chi connectivity index (χ1v) is 42.2. The number of phosphoric ester groups is 2. The molecule has 0 fully saturated rings. The van der Waals surface area contributed by atoms with Crippen LogP contribution >= 0.6 is 15.6 Å². The van der Waals surface area contributed by atoms with Crippen molar-refractivity contribution >= 4 is 39.5 Å². The van der Waals surface area contributed by atoms with Crippen molar-refractivity contribution in [3.05, 3.63) is 72.9 Å². The van der Waals surface area contributed by atoms with Gasteiger partial charge in [-0.3, -0.25) is 37.3 Å². The molecule has 0 aliphatic heterocycles. The molecule has 0 aromatic rings. The second kappa shape index (κ2) is 71.9. The summed E-state index contributed by atoms with van der Waals surface area (Å²) in [5, 5.41) is 10.6. The molecule has 0 amide bonds. The molecular weight excluding hydrogens is 1280 g/mol. The second-order valence-electron chi connectivity index (χ2n) is 26.3. The number of aliphatic hydroxyl groups is 1. The lowest BCUT2D eigenvalue weighted by atomic mass is 10.1. The van der Waals surface area contributed by atoms with Gasteiger partial charge in [-0.1, -0.05) is 255 Å². The molecule has 0 aromatic carbocycles. The van der Waals surface area contributed by atoms with Crippen molar-refractivity contribution in [3.8, 4) is 0 Å². The third-order valence-electron chi connectivity index (χ3n) is 16.6. The first kappa shape index (κ1) is 94.5. The van der Waals surface area contributed by atoms with Crippen LogP contribution in [-0.2, 0) is 65.4 Å². The molecule has 0 spiro atoms. The van der Waals surface area contributed by atoms with Crippen LogP contribution in [0.2, 0.25) is 0 Å². The Bertz CT molecular complexity index is 2140. The highest BCUT2D eigenvalue weighted by atomic mass is 31.2. The lowest BCUT2D eigenvalue weighted by molar-refractivity contribution is -0.161. The number of rotatable bonds is 74. The highest BCUT2D eigenvalue weighted by Crippen LogP contribution is 2.45. The van der Waals surface area contributed by atoms with Gasteiger partial charge in [-0.05, 0) is 141 Å². The monoisotopic (exact) mass is 1420 g/mol. The Hall–Kier alpha value is -3.50. The number of unbranched alkanes of at least 4 members (excludes halogenated alkanes) is 36. The summed E-state index contributed by atoms with van der Waals surface area (Å²) in [4.78, 5) is 72.9. The van der Waals surface area contributed by atoms with Crippen LogP contribution in [0.25, 0.3) is 0 Å². The van der Waals surface area contributed by atoms with E-state index in [0.29, 0.717) is 25.7 Å². The third-order valence-corrected chi connectivity index (χ3v) is 18.5. The quantitative estimate of drug-likeness (QED) is 0.0169. The molecule has 0 aliphatic rings. The summed E-state index contributed by atoms with van der Waals surface area (Å²) in [6.45, 7) is 4.79. The van der Waals surface area contributed by atoms with Crippen LogP contribution in [0.3, 0.4) is 0 Å². The maximum atomic E-state index is 13.1. The van der Waals surface area contributed by atoms with Crippen LogP contribution in [0.1, 0.15) is 349 Å². The van der Waals surface area contributed by atoms with E-state index in [2.05, 4.69) is 101 Å². The van der Waals surface area contributed by atoms with Gasteiger partial charge in [-0.2, -0.15) is 0 Å². The Balaban J connectivity index is 5.35. The van der Waals surface area contributed by atoms with Gasteiger partial charge in [0.05, 0.1) is 26.4 Å². The normalized spacial score (nSPS) is 14.3. The number of ether oxygens (including phenoxy) is 4. The molecule has 3 N–H and O–H groups in total. The Morgan fingerprint density at radius 2 is 0.500 bits per heavy atom. The molecule has 0 aliphatic carbocycles. The van der Waals surface area contributed by atoms with E-state index in [-0.39, 0.29) is 25.7 Å². The Morgan fingerprint density at radius 3 is 0.786 bits per heavy atom. The molecule has 19 heteroatoms. The minimum Gasteiger partial charge on any atom is -0.462 e. The van der Waals surface area contributed by atoms with Crippen molar-refractivity contribution in [3.63, 3.8) is 0 Å². The summed E-state index contributed by atoms with van der Waals surface area (Å²) >= 11 is 0. The fourth-order valence-corrected chi connectivity index (χ4v) is 12.1. The van der Waals surface area contributed by atoms with Gasteiger partial charge in [0.25, 0.3) is 0 Å². The van der Waals surface area contributed by atoms with Crippen LogP contribution in [-0.4, -0.2) is 96.7 Å². The van der Waals surface area contributed by atoms with Gasteiger partial charge in [-0.15, -0.1) is 0 Å². The standard InChI is InChI=1S/C79H142O17P2/c1-5-9-13-17-21-25-29-33-36-40-43-47-51-55-59-63-76(81)89-69-74(95-78(83)65-61-57-53-49-45-39-32-28-24-20-16-12-8-4)71-93-97(85,86)91-67-73(80)68-92-98(87,88)94-72-75(96-79(84)66-62-58-54-50-46-42-38-35-31-27-23-19-15-11-7-3)70-90-77(82)64-60-56-52-48-44-41-37-34-30-26-22-18-14-10-6-2/h22-23,25-29,32,34-35,37-38,73-75,80H,5-21,24,30-31,33,36,39-72H2,1-4H3,(H,85,86)(H,87,88)/b26-22-,27-23-,29-25-,32-28-,37-34-,38-35-/t73?,74-,75-/m1/s1. The predicted octanol–water partition coefficient (Wildman–Crippen LogP) is 22.4. The van der Waals surface area contributed by atoms with E-state index < -0.39 is 97.5 Å². The fourth-order valence-electron chi connectivity index (χ4n) is 10.6. The maximum Gasteiger partial charge on any atom is 0.472 e. The lowest BCUT2D eigenvalue weighted by Gasteiger charge is -2.21. The zero-order valence-corrected chi connectivity index (χ0v) is 64.0. The summed E-state index contributed by atoms with van der Waals surface area (Å²) in [5.74, 6) is -2.20. The minimum absolute atomic E-state index is 0.0780. The van der Waals surface area contributed by atoms with Crippen LogP contribution in [0.4, 0.5) is 0 Å². The van der Waals surface area contributed by atoms with Gasteiger partial charge in [0, 0.05) is 25.7 Å². The zero-order chi connectivity index (χ0) is 71.8. The molecule has 0 heterocycles. The number of esters is 4. The molecule has 0 rings (SSSR count). The highest BCUT2D eigenvalue weighted by molar-refractivity contribution is 7.47. The number of hydrogen-bond acceptors (Lipinski definition) is 15. The first-order valence-electron chi connectivity index (χ1n) is 39.2. The molecule has 0 bridgehead atoms. The van der Waals surface area contributed by atoms with Crippen LogP contribution in [0, 0.1) is 0 Å². The smallest absolute Gasteiger partial charge is 0.462 e. The van der Waals surface area contributed by atoms with Crippen molar-refractivity contribution in [2.24, 2.45) is 0 Å². The lowest BCUT2D eigenvalue weighted by Crippen LogP contribution is -2.30. The maximum absolute atomic E-state index is 13.1. The summed E-state index contributed by atoms with van der Waals surface area (Å²) in [6, 6.07) is 0. The molecular formula is C79H142O17P2. The van der Waals surface area contributed by atoms with Crippen LogP contribution < -0.4 is 0 Å². The van der Waals surface area contributed by atoms with E-state index in [1.165, 1.54) is 103 Å². The Labute approximate surface area is 596 Å². The summed E-state index contributed by atoms with van der Waals surface area (Å²) < 4.78 is 68.5. The Morgan fingerprint density at radius 1 is 0.286 bits per heavy atom. The Kier molecular flexibility index (Phi) is 69.3. The van der Waals surface area contributed by atoms with Crippen LogP contribution in [0.15, 0.2) is 72.9 Å². The zero-order valence-electron chi connectivity index (χ0n) is 62.2. The largest absolute Gasteiger partial charge is 0.472 e. The van der Waals surface area contributed by atoms with Gasteiger partial charge in [0.15, 0.2) is 12.2 Å². The van der Waals surface area contributed by atoms with Gasteiger partial charge in [0.1, 0.15) is 19.3 Å².